The zero-order chi connectivity index (χ0) is 20.3. The summed E-state index contributed by atoms with van der Waals surface area (Å²) < 4.78 is 27.1. The number of hydrogen-bond acceptors (Lipinski definition) is 4. The largest absolute Gasteiger partial charge is 0.323 e. The lowest BCUT2D eigenvalue weighted by atomic mass is 10.2. The lowest BCUT2D eigenvalue weighted by Gasteiger charge is -2.36. The second-order valence-corrected chi connectivity index (χ2v) is 9.24. The van der Waals surface area contributed by atoms with E-state index in [4.69, 9.17) is 23.2 Å². The van der Waals surface area contributed by atoms with Gasteiger partial charge in [-0.3, -0.25) is 9.69 Å². The van der Waals surface area contributed by atoms with E-state index in [1.54, 1.807) is 49.4 Å². The summed E-state index contributed by atoms with van der Waals surface area (Å²) in [5.74, 6) is -0.185. The van der Waals surface area contributed by atoms with Crippen LogP contribution in [-0.4, -0.2) is 55.8 Å². The van der Waals surface area contributed by atoms with Crippen molar-refractivity contribution in [2.45, 2.75) is 17.9 Å². The molecule has 0 saturated carbocycles. The van der Waals surface area contributed by atoms with Crippen molar-refractivity contribution >= 4 is 44.8 Å². The Morgan fingerprint density at radius 2 is 1.54 bits per heavy atom. The molecule has 150 valence electrons. The van der Waals surface area contributed by atoms with Gasteiger partial charge >= 0.3 is 0 Å². The molecule has 0 bridgehead atoms. The highest BCUT2D eigenvalue weighted by molar-refractivity contribution is 7.89. The van der Waals surface area contributed by atoms with Gasteiger partial charge in [0.15, 0.2) is 0 Å². The Hall–Kier alpha value is -1.64. The van der Waals surface area contributed by atoms with Crippen LogP contribution in [0.4, 0.5) is 5.69 Å². The summed E-state index contributed by atoms with van der Waals surface area (Å²) in [6, 6.07) is 13.0. The molecule has 1 amide bonds. The summed E-state index contributed by atoms with van der Waals surface area (Å²) in [5, 5.41) is 3.50. The zero-order valence-corrected chi connectivity index (χ0v) is 17.6. The quantitative estimate of drug-likeness (QED) is 0.772. The van der Waals surface area contributed by atoms with Gasteiger partial charge in [-0.15, -0.1) is 0 Å². The number of hydrogen-bond donors (Lipinski definition) is 1. The number of carbonyl (C=O) groups excluding carboxylic acids is 1. The van der Waals surface area contributed by atoms with E-state index in [0.29, 0.717) is 23.8 Å². The molecule has 1 aliphatic rings. The van der Waals surface area contributed by atoms with Gasteiger partial charge in [-0.05, 0) is 31.2 Å². The molecule has 1 aliphatic heterocycles. The summed E-state index contributed by atoms with van der Waals surface area (Å²) in [6.45, 7) is 3.26. The Morgan fingerprint density at radius 1 is 0.964 bits per heavy atom. The van der Waals surface area contributed by atoms with Crippen LogP contribution in [-0.2, 0) is 14.8 Å². The van der Waals surface area contributed by atoms with Crippen molar-refractivity contribution in [3.63, 3.8) is 0 Å². The Morgan fingerprint density at radius 3 is 2.14 bits per heavy atom. The third-order valence-corrected chi connectivity index (χ3v) is 7.51. The van der Waals surface area contributed by atoms with Gasteiger partial charge < -0.3 is 5.32 Å². The van der Waals surface area contributed by atoms with Crippen molar-refractivity contribution in [1.82, 2.24) is 9.21 Å². The molecule has 2 aromatic carbocycles. The minimum Gasteiger partial charge on any atom is -0.323 e. The Labute approximate surface area is 175 Å². The number of benzene rings is 2. The highest BCUT2D eigenvalue weighted by Gasteiger charge is 2.32. The molecule has 1 saturated heterocycles. The van der Waals surface area contributed by atoms with E-state index < -0.39 is 16.1 Å². The minimum atomic E-state index is -3.66. The molecule has 2 aromatic rings. The Bertz CT molecular complexity index is 960. The highest BCUT2D eigenvalue weighted by atomic mass is 35.5. The maximum atomic E-state index is 12.8. The van der Waals surface area contributed by atoms with Crippen molar-refractivity contribution in [3.8, 4) is 0 Å². The van der Waals surface area contributed by atoms with Gasteiger partial charge in [-0.2, -0.15) is 4.31 Å². The van der Waals surface area contributed by atoms with Gasteiger partial charge in [0.1, 0.15) is 4.90 Å². The molecule has 6 nitrogen and oxygen atoms in total. The van der Waals surface area contributed by atoms with Gasteiger partial charge in [0.25, 0.3) is 0 Å². The summed E-state index contributed by atoms with van der Waals surface area (Å²) in [5.41, 5.74) is 0.556. The molecule has 0 radical (unpaired) electrons. The number of para-hydroxylation sites is 1. The maximum absolute atomic E-state index is 12.8. The van der Waals surface area contributed by atoms with Crippen LogP contribution in [0, 0.1) is 0 Å². The van der Waals surface area contributed by atoms with Crippen molar-refractivity contribution < 1.29 is 13.2 Å². The number of amides is 1. The van der Waals surface area contributed by atoms with E-state index in [1.165, 1.54) is 10.4 Å². The number of halogens is 2. The van der Waals surface area contributed by atoms with Crippen LogP contribution in [0.25, 0.3) is 0 Å². The SMILES string of the molecule is CC(C(=O)Nc1ccccc1Cl)N1CCN(S(=O)(=O)c2ccccc2Cl)CC1. The summed E-state index contributed by atoms with van der Waals surface area (Å²) in [7, 11) is -3.66. The third-order valence-electron chi connectivity index (χ3n) is 4.79. The van der Waals surface area contributed by atoms with Crippen LogP contribution in [0.1, 0.15) is 6.92 Å². The molecule has 0 aromatic heterocycles. The molecule has 9 heteroatoms. The third kappa shape index (κ3) is 4.50. The van der Waals surface area contributed by atoms with Crippen LogP contribution < -0.4 is 5.32 Å². The molecule has 1 fully saturated rings. The number of sulfonamides is 1. The first-order valence-corrected chi connectivity index (χ1v) is 11.0. The first-order valence-electron chi connectivity index (χ1n) is 8.85. The molecule has 1 N–H and O–H groups in total. The van der Waals surface area contributed by atoms with E-state index in [2.05, 4.69) is 5.32 Å². The van der Waals surface area contributed by atoms with E-state index in [1.807, 2.05) is 4.90 Å². The van der Waals surface area contributed by atoms with Crippen LogP contribution in [0.5, 0.6) is 0 Å². The Kier molecular flexibility index (Phi) is 6.62. The van der Waals surface area contributed by atoms with E-state index in [-0.39, 0.29) is 28.9 Å². The van der Waals surface area contributed by atoms with Gasteiger partial charge in [0, 0.05) is 26.2 Å². The van der Waals surface area contributed by atoms with Crippen molar-refractivity contribution in [1.29, 1.82) is 0 Å². The van der Waals surface area contributed by atoms with Crippen LogP contribution in [0.2, 0.25) is 10.0 Å². The van der Waals surface area contributed by atoms with E-state index in [0.717, 1.165) is 0 Å². The molecule has 0 aliphatic carbocycles. The molecular weight excluding hydrogens is 421 g/mol. The molecule has 0 spiro atoms. The molecule has 1 atom stereocenters. The number of piperazine rings is 1. The fourth-order valence-corrected chi connectivity index (χ4v) is 5.19. The molecule has 1 heterocycles. The number of carbonyl (C=O) groups is 1. The zero-order valence-electron chi connectivity index (χ0n) is 15.3. The monoisotopic (exact) mass is 441 g/mol. The molecule has 1 unspecified atom stereocenters. The van der Waals surface area contributed by atoms with Crippen LogP contribution in [0.3, 0.4) is 0 Å². The number of anilines is 1. The summed E-state index contributed by atoms with van der Waals surface area (Å²) >= 11 is 12.1. The van der Waals surface area contributed by atoms with Gasteiger partial charge in [0.2, 0.25) is 15.9 Å². The van der Waals surface area contributed by atoms with E-state index in [9.17, 15) is 13.2 Å². The van der Waals surface area contributed by atoms with Crippen molar-refractivity contribution in [2.24, 2.45) is 0 Å². The van der Waals surface area contributed by atoms with Crippen LogP contribution in [0.15, 0.2) is 53.4 Å². The van der Waals surface area contributed by atoms with Gasteiger partial charge in [-0.25, -0.2) is 8.42 Å². The molecule has 3 rings (SSSR count). The maximum Gasteiger partial charge on any atom is 0.244 e. The predicted molar refractivity (Wildman–Crippen MR) is 111 cm³/mol. The van der Waals surface area contributed by atoms with E-state index >= 15 is 0 Å². The summed E-state index contributed by atoms with van der Waals surface area (Å²) in [4.78, 5) is 14.6. The first-order chi connectivity index (χ1) is 13.3. The second kappa shape index (κ2) is 8.80. The normalized spacial score (nSPS) is 17.2. The Balaban J connectivity index is 1.62. The minimum absolute atomic E-state index is 0.106. The average Bonchev–Trinajstić information content (AvgIpc) is 2.69. The number of nitrogens with one attached hydrogen (secondary N) is 1. The predicted octanol–water partition coefficient (Wildman–Crippen LogP) is 3.33. The summed E-state index contributed by atoms with van der Waals surface area (Å²) in [6.07, 6.45) is 0. The number of nitrogens with zero attached hydrogens (tertiary/aromatic N) is 2. The van der Waals surface area contributed by atoms with Gasteiger partial charge in [0.05, 0.1) is 21.8 Å². The van der Waals surface area contributed by atoms with Crippen molar-refractivity contribution in [2.75, 3.05) is 31.5 Å². The standard InChI is InChI=1S/C19H21Cl2N3O3S/c1-14(19(25)22-17-8-4-2-6-15(17)20)23-10-12-24(13-11-23)28(26,27)18-9-5-3-7-16(18)21/h2-9,14H,10-13H2,1H3,(H,22,25). The van der Waals surface area contributed by atoms with Gasteiger partial charge in [-0.1, -0.05) is 47.5 Å². The lowest BCUT2D eigenvalue weighted by Crippen LogP contribution is -2.53. The lowest BCUT2D eigenvalue weighted by molar-refractivity contribution is -0.121. The smallest absolute Gasteiger partial charge is 0.244 e. The fourth-order valence-electron chi connectivity index (χ4n) is 3.09. The van der Waals surface area contributed by atoms with Crippen LogP contribution >= 0.6 is 23.2 Å². The fraction of sp³-hybridized carbons (Fsp3) is 0.316. The first kappa shape index (κ1) is 21.1. The molecular formula is C19H21Cl2N3O3S. The molecule has 28 heavy (non-hydrogen) atoms. The van der Waals surface area contributed by atoms with Crippen molar-refractivity contribution in [3.05, 3.63) is 58.6 Å². The highest BCUT2D eigenvalue weighted by Crippen LogP contribution is 2.25. The average molecular weight is 442 g/mol. The second-order valence-electron chi connectivity index (χ2n) is 6.52. The number of rotatable bonds is 5. The topological polar surface area (TPSA) is 69.7 Å².